The fourth-order valence-corrected chi connectivity index (χ4v) is 2.55. The predicted molar refractivity (Wildman–Crippen MR) is 77.0 cm³/mol. The van der Waals surface area contributed by atoms with Gasteiger partial charge in [-0.05, 0) is 49.7 Å². The molecule has 0 amide bonds. The Morgan fingerprint density at radius 3 is 2.52 bits per heavy atom. The van der Waals surface area contributed by atoms with Gasteiger partial charge in [0.25, 0.3) is 0 Å². The number of furan rings is 1. The maximum atomic E-state index is 14.4. The van der Waals surface area contributed by atoms with E-state index in [1.807, 2.05) is 6.07 Å². The average Bonchev–Trinajstić information content (AvgIpc) is 3.15. The van der Waals surface area contributed by atoms with E-state index in [9.17, 15) is 8.78 Å². The van der Waals surface area contributed by atoms with Crippen molar-refractivity contribution in [2.24, 2.45) is 0 Å². The lowest BCUT2D eigenvalue weighted by Crippen LogP contribution is -2.27. The van der Waals surface area contributed by atoms with Crippen LogP contribution in [0.5, 0.6) is 0 Å². The molecule has 1 heterocycles. The summed E-state index contributed by atoms with van der Waals surface area (Å²) in [7, 11) is 1.75. The van der Waals surface area contributed by atoms with Crippen LogP contribution in [0.3, 0.4) is 0 Å². The van der Waals surface area contributed by atoms with Gasteiger partial charge in [-0.25, -0.2) is 8.78 Å². The molecule has 0 radical (unpaired) electrons. The number of rotatable bonds is 6. The molecule has 21 heavy (non-hydrogen) atoms. The second kappa shape index (κ2) is 5.85. The molecule has 1 N–H and O–H groups in total. The zero-order valence-corrected chi connectivity index (χ0v) is 11.9. The van der Waals surface area contributed by atoms with Gasteiger partial charge in [0.05, 0.1) is 12.8 Å². The Morgan fingerprint density at radius 1 is 1.29 bits per heavy atom. The molecule has 0 aliphatic heterocycles. The van der Waals surface area contributed by atoms with Crippen LogP contribution in [-0.4, -0.2) is 13.1 Å². The van der Waals surface area contributed by atoms with E-state index in [1.165, 1.54) is 12.1 Å². The SMILES string of the molecule is CNCc1cc(F)c(N(Cc2ccco2)C2CC2)c(F)c1. The largest absolute Gasteiger partial charge is 0.467 e. The first-order valence-corrected chi connectivity index (χ1v) is 7.10. The van der Waals surface area contributed by atoms with Crippen LogP contribution in [0.15, 0.2) is 34.9 Å². The van der Waals surface area contributed by atoms with Crippen molar-refractivity contribution in [1.29, 1.82) is 0 Å². The normalized spacial score (nSPS) is 14.4. The second-order valence-electron chi connectivity index (χ2n) is 5.38. The molecule has 1 aromatic carbocycles. The molecule has 1 aliphatic carbocycles. The van der Waals surface area contributed by atoms with E-state index in [4.69, 9.17) is 4.42 Å². The molecule has 1 fully saturated rings. The summed E-state index contributed by atoms with van der Waals surface area (Å²) in [5, 5.41) is 2.90. The van der Waals surface area contributed by atoms with Crippen LogP contribution in [-0.2, 0) is 13.1 Å². The zero-order valence-electron chi connectivity index (χ0n) is 11.9. The van der Waals surface area contributed by atoms with Crippen molar-refractivity contribution < 1.29 is 13.2 Å². The maximum Gasteiger partial charge on any atom is 0.149 e. The number of benzene rings is 1. The Morgan fingerprint density at radius 2 is 2.00 bits per heavy atom. The van der Waals surface area contributed by atoms with E-state index in [0.29, 0.717) is 24.4 Å². The third-order valence-corrected chi connectivity index (χ3v) is 3.64. The number of nitrogens with one attached hydrogen (secondary N) is 1. The van der Waals surface area contributed by atoms with Gasteiger partial charge in [0.2, 0.25) is 0 Å². The molecule has 1 aromatic heterocycles. The van der Waals surface area contributed by atoms with Crippen molar-refractivity contribution in [1.82, 2.24) is 5.32 Å². The van der Waals surface area contributed by atoms with E-state index in [-0.39, 0.29) is 11.7 Å². The summed E-state index contributed by atoms with van der Waals surface area (Å²) in [4.78, 5) is 1.77. The van der Waals surface area contributed by atoms with Crippen molar-refractivity contribution in [2.45, 2.75) is 32.0 Å². The lowest BCUT2D eigenvalue weighted by molar-refractivity contribution is 0.493. The van der Waals surface area contributed by atoms with E-state index in [0.717, 1.165) is 12.8 Å². The van der Waals surface area contributed by atoms with E-state index < -0.39 is 11.6 Å². The highest BCUT2D eigenvalue weighted by Crippen LogP contribution is 2.36. The second-order valence-corrected chi connectivity index (χ2v) is 5.38. The van der Waals surface area contributed by atoms with Crippen LogP contribution in [0.4, 0.5) is 14.5 Å². The third kappa shape index (κ3) is 3.08. The van der Waals surface area contributed by atoms with Crippen LogP contribution in [0.2, 0.25) is 0 Å². The van der Waals surface area contributed by atoms with Gasteiger partial charge in [-0.1, -0.05) is 0 Å². The van der Waals surface area contributed by atoms with Crippen molar-refractivity contribution in [3.05, 3.63) is 53.5 Å². The van der Waals surface area contributed by atoms with Crippen LogP contribution >= 0.6 is 0 Å². The minimum atomic E-state index is -0.515. The molecule has 1 saturated carbocycles. The van der Waals surface area contributed by atoms with Gasteiger partial charge < -0.3 is 14.6 Å². The van der Waals surface area contributed by atoms with Gasteiger partial charge in [0.15, 0.2) is 0 Å². The predicted octanol–water partition coefficient (Wildman–Crippen LogP) is 3.45. The Balaban J connectivity index is 1.92. The summed E-state index contributed by atoms with van der Waals surface area (Å²) >= 11 is 0. The van der Waals surface area contributed by atoms with E-state index >= 15 is 0 Å². The van der Waals surface area contributed by atoms with Gasteiger partial charge in [-0.2, -0.15) is 0 Å². The first kappa shape index (κ1) is 14.1. The molecular weight excluding hydrogens is 274 g/mol. The molecule has 1 aliphatic rings. The quantitative estimate of drug-likeness (QED) is 0.884. The zero-order chi connectivity index (χ0) is 14.8. The lowest BCUT2D eigenvalue weighted by atomic mass is 10.1. The molecule has 5 heteroatoms. The van der Waals surface area contributed by atoms with Gasteiger partial charge in [0.1, 0.15) is 23.1 Å². The highest BCUT2D eigenvalue weighted by molar-refractivity contribution is 5.52. The number of anilines is 1. The third-order valence-electron chi connectivity index (χ3n) is 3.64. The highest BCUT2D eigenvalue weighted by Gasteiger charge is 2.33. The summed E-state index contributed by atoms with van der Waals surface area (Å²) in [5.74, 6) is -0.322. The summed E-state index contributed by atoms with van der Waals surface area (Å²) in [5.41, 5.74) is 0.652. The summed E-state index contributed by atoms with van der Waals surface area (Å²) < 4.78 is 34.0. The van der Waals surface area contributed by atoms with Gasteiger partial charge in [-0.3, -0.25) is 0 Å². The van der Waals surface area contributed by atoms with Gasteiger partial charge in [0, 0.05) is 12.6 Å². The van der Waals surface area contributed by atoms with Gasteiger partial charge in [-0.15, -0.1) is 0 Å². The lowest BCUT2D eigenvalue weighted by Gasteiger charge is -2.25. The van der Waals surface area contributed by atoms with E-state index in [1.54, 1.807) is 24.3 Å². The summed E-state index contributed by atoms with van der Waals surface area (Å²) in [6.07, 6.45) is 3.48. The molecule has 0 spiro atoms. The summed E-state index contributed by atoms with van der Waals surface area (Å²) in [6.45, 7) is 0.826. The average molecular weight is 292 g/mol. The Labute approximate surface area is 122 Å². The Bertz CT molecular complexity index is 586. The first-order valence-electron chi connectivity index (χ1n) is 7.10. The molecule has 0 unspecified atom stereocenters. The first-order chi connectivity index (χ1) is 10.2. The topological polar surface area (TPSA) is 28.4 Å². The van der Waals surface area contributed by atoms with E-state index in [2.05, 4.69) is 5.32 Å². The highest BCUT2D eigenvalue weighted by atomic mass is 19.1. The molecular formula is C16H18F2N2O. The van der Waals surface area contributed by atoms with Crippen LogP contribution < -0.4 is 10.2 Å². The van der Waals surface area contributed by atoms with Crippen LogP contribution in [0.1, 0.15) is 24.2 Å². The number of hydrogen-bond donors (Lipinski definition) is 1. The number of hydrogen-bond acceptors (Lipinski definition) is 3. The summed E-state index contributed by atoms with van der Waals surface area (Å²) in [6, 6.07) is 6.58. The van der Waals surface area contributed by atoms with Crippen molar-refractivity contribution >= 4 is 5.69 Å². The van der Waals surface area contributed by atoms with Crippen LogP contribution in [0, 0.1) is 11.6 Å². The van der Waals surface area contributed by atoms with Crippen molar-refractivity contribution in [3.8, 4) is 0 Å². The molecule has 0 saturated heterocycles. The minimum absolute atomic E-state index is 0.0498. The molecule has 3 nitrogen and oxygen atoms in total. The fraction of sp³-hybridized carbons (Fsp3) is 0.375. The molecule has 0 bridgehead atoms. The molecule has 2 aromatic rings. The van der Waals surface area contributed by atoms with Crippen molar-refractivity contribution in [3.63, 3.8) is 0 Å². The van der Waals surface area contributed by atoms with Crippen LogP contribution in [0.25, 0.3) is 0 Å². The number of nitrogens with zero attached hydrogens (tertiary/aromatic N) is 1. The maximum absolute atomic E-state index is 14.4. The van der Waals surface area contributed by atoms with Crippen molar-refractivity contribution in [2.75, 3.05) is 11.9 Å². The standard InChI is InChI=1S/C16H18F2N2O/c1-19-9-11-7-14(17)16(15(18)8-11)20(12-4-5-12)10-13-3-2-6-21-13/h2-3,6-8,12,19H,4-5,9-10H2,1H3. The monoisotopic (exact) mass is 292 g/mol. The Hall–Kier alpha value is -1.88. The molecule has 112 valence electrons. The van der Waals surface area contributed by atoms with Gasteiger partial charge >= 0.3 is 0 Å². The smallest absolute Gasteiger partial charge is 0.149 e. The minimum Gasteiger partial charge on any atom is -0.467 e. The Kier molecular flexibility index (Phi) is 3.92. The molecule has 0 atom stereocenters. The number of halogens is 2. The molecule has 3 rings (SSSR count). The fourth-order valence-electron chi connectivity index (χ4n) is 2.55.